The predicted octanol–water partition coefficient (Wildman–Crippen LogP) is -0.411. The van der Waals surface area contributed by atoms with Gasteiger partial charge >= 0.3 is 27.7 Å². The van der Waals surface area contributed by atoms with Crippen LogP contribution in [0.1, 0.15) is 0 Å². The summed E-state index contributed by atoms with van der Waals surface area (Å²) in [5.41, 5.74) is 1.32. The van der Waals surface area contributed by atoms with Crippen molar-refractivity contribution < 1.29 is 38.6 Å². The molecule has 2 N–H and O–H groups in total. The fourth-order valence-electron chi connectivity index (χ4n) is 0.534. The molecular formula is C6H9BHgO2. The molecule has 0 radical (unpaired) electrons. The van der Waals surface area contributed by atoms with Crippen LogP contribution in [0.2, 0.25) is 0 Å². The maximum atomic E-state index is 2.08. The molecule has 1 aromatic rings. The maximum Gasteiger partial charge on any atom is 2.00 e. The van der Waals surface area contributed by atoms with Crippen LogP contribution in [0.5, 0.6) is 0 Å². The van der Waals surface area contributed by atoms with Gasteiger partial charge in [-0.15, -0.1) is 0 Å². The Hall–Kier alpha value is 0.140. The number of benzene rings is 1. The zero-order valence-electron chi connectivity index (χ0n) is 5.99. The first-order chi connectivity index (χ1) is 3.39. The summed E-state index contributed by atoms with van der Waals surface area (Å²) >= 11 is 0. The van der Waals surface area contributed by atoms with E-state index in [1.807, 2.05) is 18.2 Å². The Balaban J connectivity index is -0.000000163. The summed E-state index contributed by atoms with van der Waals surface area (Å²) < 4.78 is 0. The number of hydrogen-bond acceptors (Lipinski definition) is 2. The average molecular weight is 325 g/mol. The Kier molecular flexibility index (Phi) is 15.2. The Morgan fingerprint density at radius 2 is 1.30 bits per heavy atom. The molecule has 0 aliphatic carbocycles. The second kappa shape index (κ2) is 9.14. The molecule has 4 heteroatoms. The molecule has 50 valence electrons. The Labute approximate surface area is 82.2 Å². The molecule has 0 saturated carbocycles. The van der Waals surface area contributed by atoms with Crippen molar-refractivity contribution in [3.05, 3.63) is 30.3 Å². The van der Waals surface area contributed by atoms with Crippen molar-refractivity contribution in [2.24, 2.45) is 0 Å². The van der Waals surface area contributed by atoms with Gasteiger partial charge in [0, 0.05) is 0 Å². The van der Waals surface area contributed by atoms with Gasteiger partial charge < -0.3 is 11.0 Å². The minimum atomic E-state index is 0. The smallest absolute Gasteiger partial charge is 0.870 e. The molecule has 0 aromatic heterocycles. The molecule has 0 saturated heterocycles. The first kappa shape index (κ1) is 16.6. The number of rotatable bonds is 0. The largest absolute Gasteiger partial charge is 2.00 e. The quantitative estimate of drug-likeness (QED) is 0.609. The van der Waals surface area contributed by atoms with Crippen LogP contribution < -0.4 is 5.46 Å². The molecule has 1 rings (SSSR count). The summed E-state index contributed by atoms with van der Waals surface area (Å²) in [5.74, 6) is 0. The van der Waals surface area contributed by atoms with Gasteiger partial charge in [0.15, 0.2) is 0 Å². The van der Waals surface area contributed by atoms with E-state index in [4.69, 9.17) is 0 Å². The molecule has 0 spiro atoms. The molecule has 0 atom stereocenters. The van der Waals surface area contributed by atoms with Crippen molar-refractivity contribution in [3.63, 3.8) is 0 Å². The molecule has 0 unspecified atom stereocenters. The van der Waals surface area contributed by atoms with Gasteiger partial charge in [-0.25, -0.2) is 0 Å². The molecule has 0 aliphatic rings. The van der Waals surface area contributed by atoms with E-state index in [1.54, 1.807) is 0 Å². The zero-order chi connectivity index (χ0) is 5.11. The molecule has 0 amide bonds. The third kappa shape index (κ3) is 6.26. The van der Waals surface area contributed by atoms with E-state index >= 15 is 0 Å². The van der Waals surface area contributed by atoms with Crippen molar-refractivity contribution in [1.82, 2.24) is 0 Å². The van der Waals surface area contributed by atoms with E-state index in [9.17, 15) is 0 Å². The van der Waals surface area contributed by atoms with Gasteiger partial charge in [0.05, 0.1) is 0 Å². The van der Waals surface area contributed by atoms with Crippen LogP contribution in [0.25, 0.3) is 0 Å². The maximum absolute atomic E-state index is 2.08. The summed E-state index contributed by atoms with van der Waals surface area (Å²) in [5, 5.41) is 0. The molecular weight excluding hydrogens is 315 g/mol. The van der Waals surface area contributed by atoms with Gasteiger partial charge in [-0.2, -0.15) is 0 Å². The summed E-state index contributed by atoms with van der Waals surface area (Å²) in [6.45, 7) is 0. The van der Waals surface area contributed by atoms with Crippen molar-refractivity contribution in [3.8, 4) is 0 Å². The fourth-order valence-corrected chi connectivity index (χ4v) is 0.534. The van der Waals surface area contributed by atoms with E-state index in [0.717, 1.165) is 0 Å². The predicted molar refractivity (Wildman–Crippen MR) is 38.5 cm³/mol. The Morgan fingerprint density at radius 1 is 0.900 bits per heavy atom. The normalized spacial score (nSPS) is 6.00. The van der Waals surface area contributed by atoms with Crippen LogP contribution >= 0.6 is 0 Å². The molecule has 0 bridgehead atoms. The van der Waals surface area contributed by atoms with Crippen LogP contribution in [0.3, 0.4) is 0 Å². The molecule has 2 nitrogen and oxygen atoms in total. The van der Waals surface area contributed by atoms with Gasteiger partial charge in [0.25, 0.3) is 0 Å². The van der Waals surface area contributed by atoms with E-state index < -0.39 is 0 Å². The van der Waals surface area contributed by atoms with Gasteiger partial charge in [-0.3, -0.25) is 0 Å². The second-order valence-electron chi connectivity index (χ2n) is 1.65. The fraction of sp³-hybridized carbons (Fsp3) is 0. The SMILES string of the molecule is Bc1ccccc1.[Hg+2].[OH-].[OH-]. The van der Waals surface area contributed by atoms with Crippen LogP contribution in [0.15, 0.2) is 30.3 Å². The van der Waals surface area contributed by atoms with Crippen molar-refractivity contribution in [2.45, 2.75) is 0 Å². The van der Waals surface area contributed by atoms with Gasteiger partial charge in [-0.1, -0.05) is 35.8 Å². The Bertz CT molecular complexity index is 146. The summed E-state index contributed by atoms with van der Waals surface area (Å²) in [4.78, 5) is 0. The third-order valence-corrected chi connectivity index (χ3v) is 0.940. The van der Waals surface area contributed by atoms with Gasteiger partial charge in [0.1, 0.15) is 7.85 Å². The molecule has 0 fully saturated rings. The molecule has 0 heterocycles. The summed E-state index contributed by atoms with van der Waals surface area (Å²) in [7, 11) is 2.08. The van der Waals surface area contributed by atoms with Gasteiger partial charge in [0.2, 0.25) is 0 Å². The van der Waals surface area contributed by atoms with Crippen LogP contribution in [0, 0.1) is 0 Å². The van der Waals surface area contributed by atoms with E-state index in [2.05, 4.69) is 20.0 Å². The minimum absolute atomic E-state index is 0. The summed E-state index contributed by atoms with van der Waals surface area (Å²) in [6.07, 6.45) is 0. The van der Waals surface area contributed by atoms with Gasteiger partial charge in [-0.05, 0) is 0 Å². The van der Waals surface area contributed by atoms with Crippen LogP contribution in [-0.2, 0) is 27.7 Å². The van der Waals surface area contributed by atoms with Crippen molar-refractivity contribution >= 4 is 13.3 Å². The van der Waals surface area contributed by atoms with Crippen LogP contribution in [0.4, 0.5) is 0 Å². The second-order valence-corrected chi connectivity index (χ2v) is 1.65. The topological polar surface area (TPSA) is 60.0 Å². The standard InChI is InChI=1S/C6H7B.Hg.2H2O/c7-6-4-2-1-3-5-6;;;/h1-5H,7H2;;2*1H2/q;+2;;/p-2. The Morgan fingerprint density at radius 3 is 1.50 bits per heavy atom. The van der Waals surface area contributed by atoms with Crippen molar-refractivity contribution in [1.29, 1.82) is 0 Å². The summed E-state index contributed by atoms with van der Waals surface area (Å²) in [6, 6.07) is 10.3. The molecule has 10 heavy (non-hydrogen) atoms. The average Bonchev–Trinajstić information content (AvgIpc) is 1.69. The minimum Gasteiger partial charge on any atom is -0.870 e. The van der Waals surface area contributed by atoms with E-state index in [-0.39, 0.29) is 38.6 Å². The van der Waals surface area contributed by atoms with Crippen molar-refractivity contribution in [2.75, 3.05) is 0 Å². The first-order valence-electron chi connectivity index (χ1n) is 2.41. The monoisotopic (exact) mass is 326 g/mol. The number of hydrogen-bond donors (Lipinski definition) is 0. The molecule has 1 aromatic carbocycles. The van der Waals surface area contributed by atoms with E-state index in [1.165, 1.54) is 5.46 Å². The third-order valence-electron chi connectivity index (χ3n) is 0.940. The molecule has 0 aliphatic heterocycles. The van der Waals surface area contributed by atoms with E-state index in [0.29, 0.717) is 0 Å². The van der Waals surface area contributed by atoms with Crippen LogP contribution in [-0.4, -0.2) is 18.8 Å². The zero-order valence-corrected chi connectivity index (χ0v) is 11.5. The first-order valence-corrected chi connectivity index (χ1v) is 2.41.